The molecule has 0 aliphatic rings. The maximum atomic E-state index is 12.3. The summed E-state index contributed by atoms with van der Waals surface area (Å²) in [6.07, 6.45) is -1.99. The summed E-state index contributed by atoms with van der Waals surface area (Å²) in [7, 11) is 1.55. The highest BCUT2D eigenvalue weighted by Gasteiger charge is 2.33. The van der Waals surface area contributed by atoms with Crippen LogP contribution in [-0.2, 0) is 12.7 Å². The van der Waals surface area contributed by atoms with Crippen molar-refractivity contribution in [1.82, 2.24) is 9.78 Å². The van der Waals surface area contributed by atoms with Gasteiger partial charge in [-0.1, -0.05) is 12.1 Å². The first-order chi connectivity index (χ1) is 8.49. The molecule has 6 heteroatoms. The zero-order valence-electron chi connectivity index (χ0n) is 9.53. The summed E-state index contributed by atoms with van der Waals surface area (Å²) in [5, 5.41) is 3.42. The fraction of sp³-hybridized carbons (Fsp3) is 0.250. The largest absolute Gasteiger partial charge is 0.497 e. The Balaban J connectivity index is 2.11. The predicted octanol–water partition coefficient (Wildman–Crippen LogP) is 2.76. The zero-order chi connectivity index (χ0) is 13.2. The van der Waals surface area contributed by atoms with Gasteiger partial charge < -0.3 is 4.74 Å². The van der Waals surface area contributed by atoms with Crippen molar-refractivity contribution in [2.24, 2.45) is 0 Å². The maximum Gasteiger partial charge on any atom is 0.435 e. The van der Waals surface area contributed by atoms with E-state index in [0.29, 0.717) is 5.75 Å². The first-order valence-corrected chi connectivity index (χ1v) is 5.15. The second kappa shape index (κ2) is 4.72. The molecule has 0 saturated heterocycles. The molecule has 0 amide bonds. The third-order valence-corrected chi connectivity index (χ3v) is 2.36. The summed E-state index contributed by atoms with van der Waals surface area (Å²) < 4.78 is 43.1. The molecule has 1 heterocycles. The number of hydrogen-bond acceptors (Lipinski definition) is 2. The maximum absolute atomic E-state index is 12.3. The highest BCUT2D eigenvalue weighted by atomic mass is 19.4. The summed E-state index contributed by atoms with van der Waals surface area (Å²) in [4.78, 5) is 0. The van der Waals surface area contributed by atoms with Crippen molar-refractivity contribution in [3.05, 3.63) is 47.8 Å². The number of hydrogen-bond donors (Lipinski definition) is 0. The molecule has 0 saturated carbocycles. The zero-order valence-corrected chi connectivity index (χ0v) is 9.53. The summed E-state index contributed by atoms with van der Waals surface area (Å²) in [5.41, 5.74) is -0.111. The van der Waals surface area contributed by atoms with Gasteiger partial charge in [-0.3, -0.25) is 4.68 Å². The van der Waals surface area contributed by atoms with Gasteiger partial charge in [-0.25, -0.2) is 0 Å². The van der Waals surface area contributed by atoms with Crippen molar-refractivity contribution in [2.45, 2.75) is 12.7 Å². The van der Waals surface area contributed by atoms with Crippen LogP contribution in [0.5, 0.6) is 5.75 Å². The van der Waals surface area contributed by atoms with Crippen molar-refractivity contribution >= 4 is 0 Å². The molecule has 1 aromatic carbocycles. The van der Waals surface area contributed by atoms with Gasteiger partial charge in [0.05, 0.1) is 19.9 Å². The van der Waals surface area contributed by atoms with Crippen molar-refractivity contribution in [1.29, 1.82) is 0 Å². The number of methoxy groups -OCH3 is 1. The van der Waals surface area contributed by atoms with E-state index >= 15 is 0 Å². The van der Waals surface area contributed by atoms with Gasteiger partial charge in [0, 0.05) is 0 Å². The molecule has 0 N–H and O–H groups in total. The van der Waals surface area contributed by atoms with E-state index in [4.69, 9.17) is 4.74 Å². The molecular weight excluding hydrogens is 245 g/mol. The van der Waals surface area contributed by atoms with E-state index in [1.807, 2.05) is 0 Å². The molecule has 0 spiro atoms. The van der Waals surface area contributed by atoms with Gasteiger partial charge in [-0.05, 0) is 23.8 Å². The average Bonchev–Trinajstić information content (AvgIpc) is 2.78. The third-order valence-electron chi connectivity index (χ3n) is 2.36. The number of alkyl halides is 3. The van der Waals surface area contributed by atoms with E-state index in [2.05, 4.69) is 11.3 Å². The summed E-state index contributed by atoms with van der Waals surface area (Å²) >= 11 is 0. The average molecular weight is 255 g/mol. The van der Waals surface area contributed by atoms with Gasteiger partial charge in [-0.2, -0.15) is 18.3 Å². The minimum Gasteiger partial charge on any atom is -0.497 e. The smallest absolute Gasteiger partial charge is 0.435 e. The first-order valence-electron chi connectivity index (χ1n) is 5.15. The number of benzene rings is 1. The van der Waals surface area contributed by atoms with E-state index < -0.39 is 11.9 Å². The van der Waals surface area contributed by atoms with E-state index in [-0.39, 0.29) is 6.54 Å². The fourth-order valence-electron chi connectivity index (χ4n) is 1.45. The normalized spacial score (nSPS) is 11.6. The van der Waals surface area contributed by atoms with E-state index in [0.717, 1.165) is 16.3 Å². The standard InChI is InChI=1S/C12H10F3N2O/c1-18-10-4-2-9(3-5-10)8-17-7-6-11(16-17)12(13,14)15/h2-6H,8H2,1H3. The van der Waals surface area contributed by atoms with Crippen LogP contribution < -0.4 is 4.74 Å². The second-order valence-corrected chi connectivity index (χ2v) is 3.66. The van der Waals surface area contributed by atoms with Crippen LogP contribution >= 0.6 is 0 Å². The van der Waals surface area contributed by atoms with Crippen LogP contribution in [0.1, 0.15) is 11.3 Å². The van der Waals surface area contributed by atoms with Crippen molar-refractivity contribution < 1.29 is 17.9 Å². The molecule has 0 fully saturated rings. The predicted molar refractivity (Wildman–Crippen MR) is 58.2 cm³/mol. The first kappa shape index (κ1) is 12.5. The molecule has 3 nitrogen and oxygen atoms in total. The van der Waals surface area contributed by atoms with Gasteiger partial charge in [0.2, 0.25) is 0 Å². The van der Waals surface area contributed by atoms with Crippen molar-refractivity contribution in [3.8, 4) is 5.75 Å². The third kappa shape index (κ3) is 2.82. The Morgan fingerprint density at radius 2 is 1.94 bits per heavy atom. The van der Waals surface area contributed by atoms with Crippen LogP contribution in [0.15, 0.2) is 30.3 Å². The molecule has 0 bridgehead atoms. The Kier molecular flexibility index (Phi) is 3.27. The number of nitrogens with zero attached hydrogens (tertiary/aromatic N) is 2. The summed E-state index contributed by atoms with van der Waals surface area (Å²) in [6.45, 7) is 0.236. The fourth-order valence-corrected chi connectivity index (χ4v) is 1.45. The van der Waals surface area contributed by atoms with Crippen LogP contribution in [-0.4, -0.2) is 16.9 Å². The molecule has 1 radical (unpaired) electrons. The SMILES string of the molecule is COc1ccc(Cn2[c]cc(C(F)(F)F)n2)cc1. The van der Waals surface area contributed by atoms with Crippen LogP contribution in [0.25, 0.3) is 0 Å². The van der Waals surface area contributed by atoms with E-state index in [1.165, 1.54) is 0 Å². The Morgan fingerprint density at radius 3 is 2.44 bits per heavy atom. The van der Waals surface area contributed by atoms with Gasteiger partial charge in [0.25, 0.3) is 0 Å². The number of halogens is 3. The molecule has 0 aliphatic heterocycles. The number of aromatic nitrogens is 2. The number of rotatable bonds is 3. The van der Waals surface area contributed by atoms with Gasteiger partial charge in [0.15, 0.2) is 5.69 Å². The minimum absolute atomic E-state index is 0.236. The van der Waals surface area contributed by atoms with Crippen molar-refractivity contribution in [2.75, 3.05) is 7.11 Å². The lowest BCUT2D eigenvalue weighted by Gasteiger charge is -2.04. The molecule has 1 aromatic heterocycles. The van der Waals surface area contributed by atoms with E-state index in [9.17, 15) is 13.2 Å². The molecular formula is C12H10F3N2O. The molecule has 2 rings (SSSR count). The lowest BCUT2D eigenvalue weighted by Crippen LogP contribution is -2.08. The van der Waals surface area contributed by atoms with Gasteiger partial charge in [-0.15, -0.1) is 0 Å². The van der Waals surface area contributed by atoms with Crippen LogP contribution in [0.4, 0.5) is 13.2 Å². The molecule has 2 aromatic rings. The molecule has 0 atom stereocenters. The summed E-state index contributed by atoms with van der Waals surface area (Å²) in [5.74, 6) is 0.694. The number of ether oxygens (including phenoxy) is 1. The van der Waals surface area contributed by atoms with Gasteiger partial charge >= 0.3 is 6.18 Å². The quantitative estimate of drug-likeness (QED) is 0.843. The summed E-state index contributed by atoms with van der Waals surface area (Å²) in [6, 6.07) is 7.85. The monoisotopic (exact) mass is 255 g/mol. The molecule has 0 unspecified atom stereocenters. The highest BCUT2D eigenvalue weighted by molar-refractivity contribution is 5.27. The topological polar surface area (TPSA) is 27.1 Å². The van der Waals surface area contributed by atoms with Crippen LogP contribution in [0, 0.1) is 6.20 Å². The Hall–Kier alpha value is -1.98. The van der Waals surface area contributed by atoms with Crippen LogP contribution in [0.2, 0.25) is 0 Å². The lowest BCUT2D eigenvalue weighted by atomic mass is 10.2. The van der Waals surface area contributed by atoms with Gasteiger partial charge in [0.1, 0.15) is 5.75 Å². The highest BCUT2D eigenvalue weighted by Crippen LogP contribution is 2.27. The lowest BCUT2D eigenvalue weighted by molar-refractivity contribution is -0.141. The Labute approximate surface area is 102 Å². The molecule has 95 valence electrons. The molecule has 0 aliphatic carbocycles. The second-order valence-electron chi connectivity index (χ2n) is 3.66. The molecule has 18 heavy (non-hydrogen) atoms. The van der Waals surface area contributed by atoms with E-state index in [1.54, 1.807) is 31.4 Å². The Morgan fingerprint density at radius 1 is 1.28 bits per heavy atom. The van der Waals surface area contributed by atoms with Crippen LogP contribution in [0.3, 0.4) is 0 Å². The Bertz CT molecular complexity index is 517. The minimum atomic E-state index is -4.43. The van der Waals surface area contributed by atoms with Crippen molar-refractivity contribution in [3.63, 3.8) is 0 Å².